The van der Waals surface area contributed by atoms with Crippen LogP contribution in [0, 0.1) is 13.8 Å². The van der Waals surface area contributed by atoms with Crippen molar-refractivity contribution < 1.29 is 19.1 Å². The van der Waals surface area contributed by atoms with Crippen molar-refractivity contribution in [2.45, 2.75) is 26.7 Å². The molecule has 0 saturated carbocycles. The van der Waals surface area contributed by atoms with E-state index in [-0.39, 0.29) is 18.9 Å². The van der Waals surface area contributed by atoms with Crippen LogP contribution in [0.5, 0.6) is 5.75 Å². The molecule has 0 unspecified atom stereocenters. The van der Waals surface area contributed by atoms with Crippen LogP contribution in [-0.4, -0.2) is 25.1 Å². The Labute approximate surface area is 148 Å². The molecule has 2 aromatic carbocycles. The number of esters is 1. The van der Waals surface area contributed by atoms with Crippen LogP contribution in [0.1, 0.15) is 24.0 Å². The number of aryl methyl sites for hydroxylation is 2. The van der Waals surface area contributed by atoms with Gasteiger partial charge in [0.2, 0.25) is 0 Å². The molecule has 1 N–H and O–H groups in total. The highest BCUT2D eigenvalue weighted by Gasteiger charge is 2.08. The lowest BCUT2D eigenvalue weighted by Gasteiger charge is -2.09. The van der Waals surface area contributed by atoms with E-state index in [1.165, 1.54) is 0 Å². The number of hydrogen-bond donors (Lipinski definition) is 1. The second-order valence-electron chi connectivity index (χ2n) is 5.85. The van der Waals surface area contributed by atoms with Crippen LogP contribution >= 0.6 is 0 Å². The van der Waals surface area contributed by atoms with Gasteiger partial charge in [-0.3, -0.25) is 9.59 Å². The van der Waals surface area contributed by atoms with Crippen molar-refractivity contribution in [3.05, 3.63) is 59.7 Å². The lowest BCUT2D eigenvalue weighted by Crippen LogP contribution is -2.21. The van der Waals surface area contributed by atoms with Crippen LogP contribution in [0.15, 0.2) is 48.5 Å². The standard InChI is InChI=1S/C20H23NO4/c1-15-11-16(2)13-17(12-15)21-19(22)14-25-20(23)9-6-10-24-18-7-4-3-5-8-18/h3-5,7-8,11-13H,6,9-10,14H2,1-2H3,(H,21,22). The summed E-state index contributed by atoms with van der Waals surface area (Å²) in [7, 11) is 0. The van der Waals surface area contributed by atoms with E-state index in [2.05, 4.69) is 5.32 Å². The summed E-state index contributed by atoms with van der Waals surface area (Å²) in [5.74, 6) is 0.00909. The largest absolute Gasteiger partial charge is 0.494 e. The number of ether oxygens (including phenoxy) is 2. The maximum absolute atomic E-state index is 11.8. The normalized spacial score (nSPS) is 10.2. The van der Waals surface area contributed by atoms with Crippen molar-refractivity contribution in [2.75, 3.05) is 18.5 Å². The van der Waals surface area contributed by atoms with E-state index in [1.807, 2.05) is 62.4 Å². The molecule has 0 atom stereocenters. The fourth-order valence-corrected chi connectivity index (χ4v) is 2.39. The average Bonchev–Trinajstić information content (AvgIpc) is 2.57. The van der Waals surface area contributed by atoms with Gasteiger partial charge in [-0.15, -0.1) is 0 Å². The Morgan fingerprint density at radius 3 is 2.36 bits per heavy atom. The molecule has 5 heteroatoms. The Hall–Kier alpha value is -2.82. The molecule has 0 aromatic heterocycles. The van der Waals surface area contributed by atoms with Gasteiger partial charge in [0.05, 0.1) is 6.61 Å². The first-order chi connectivity index (χ1) is 12.0. The number of hydrogen-bond acceptors (Lipinski definition) is 4. The second kappa shape index (κ2) is 9.47. The van der Waals surface area contributed by atoms with Crippen LogP contribution in [0.2, 0.25) is 0 Å². The topological polar surface area (TPSA) is 64.6 Å². The van der Waals surface area contributed by atoms with Crippen molar-refractivity contribution >= 4 is 17.6 Å². The van der Waals surface area contributed by atoms with Crippen molar-refractivity contribution in [3.63, 3.8) is 0 Å². The fraction of sp³-hybridized carbons (Fsp3) is 0.300. The number of para-hydroxylation sites is 1. The maximum Gasteiger partial charge on any atom is 0.306 e. The van der Waals surface area contributed by atoms with Gasteiger partial charge in [-0.25, -0.2) is 0 Å². The van der Waals surface area contributed by atoms with Crippen LogP contribution in [0.4, 0.5) is 5.69 Å². The number of amides is 1. The van der Waals surface area contributed by atoms with Crippen molar-refractivity contribution in [1.82, 2.24) is 0 Å². The Bertz CT molecular complexity index is 693. The first-order valence-corrected chi connectivity index (χ1v) is 8.24. The van der Waals surface area contributed by atoms with Crippen LogP contribution in [-0.2, 0) is 14.3 Å². The van der Waals surface area contributed by atoms with Crippen LogP contribution in [0.25, 0.3) is 0 Å². The molecule has 1 amide bonds. The molecule has 0 bridgehead atoms. The van der Waals surface area contributed by atoms with Gasteiger partial charge >= 0.3 is 5.97 Å². The lowest BCUT2D eigenvalue weighted by molar-refractivity contribution is -0.147. The van der Waals surface area contributed by atoms with E-state index in [9.17, 15) is 9.59 Å². The number of carbonyl (C=O) groups excluding carboxylic acids is 2. The quantitative estimate of drug-likeness (QED) is 0.588. The van der Waals surface area contributed by atoms with E-state index in [0.717, 1.165) is 16.9 Å². The van der Waals surface area contributed by atoms with Gasteiger partial charge in [0.1, 0.15) is 5.75 Å². The minimum atomic E-state index is -0.410. The first-order valence-electron chi connectivity index (χ1n) is 8.24. The Balaban J connectivity index is 1.63. The molecule has 132 valence electrons. The third kappa shape index (κ3) is 7.08. The molecular weight excluding hydrogens is 318 g/mol. The maximum atomic E-state index is 11.8. The summed E-state index contributed by atoms with van der Waals surface area (Å²) in [6.45, 7) is 4.06. The van der Waals surface area contributed by atoms with Gasteiger partial charge < -0.3 is 14.8 Å². The lowest BCUT2D eigenvalue weighted by atomic mass is 10.1. The molecule has 0 aliphatic heterocycles. The van der Waals surface area contributed by atoms with Crippen molar-refractivity contribution in [2.24, 2.45) is 0 Å². The minimum Gasteiger partial charge on any atom is -0.494 e. The molecule has 2 aromatic rings. The highest BCUT2D eigenvalue weighted by molar-refractivity contribution is 5.92. The number of benzene rings is 2. The third-order valence-electron chi connectivity index (χ3n) is 3.41. The molecule has 2 rings (SSSR count). The Kier molecular flexibility index (Phi) is 7.01. The zero-order chi connectivity index (χ0) is 18.1. The highest BCUT2D eigenvalue weighted by atomic mass is 16.5. The predicted molar refractivity (Wildman–Crippen MR) is 96.7 cm³/mol. The van der Waals surface area contributed by atoms with Gasteiger partial charge in [-0.05, 0) is 55.7 Å². The molecular formula is C20H23NO4. The zero-order valence-electron chi connectivity index (χ0n) is 14.6. The molecule has 0 aliphatic rings. The van der Waals surface area contributed by atoms with E-state index in [0.29, 0.717) is 18.7 Å². The molecule has 25 heavy (non-hydrogen) atoms. The summed E-state index contributed by atoms with van der Waals surface area (Å²) in [6, 6.07) is 15.2. The molecule has 0 aliphatic carbocycles. The minimum absolute atomic E-state index is 0.212. The molecule has 0 fully saturated rings. The third-order valence-corrected chi connectivity index (χ3v) is 3.41. The van der Waals surface area contributed by atoms with Crippen LogP contribution < -0.4 is 10.1 Å². The number of anilines is 1. The summed E-state index contributed by atoms with van der Waals surface area (Å²) < 4.78 is 10.5. The Morgan fingerprint density at radius 2 is 1.68 bits per heavy atom. The van der Waals surface area contributed by atoms with E-state index >= 15 is 0 Å². The highest BCUT2D eigenvalue weighted by Crippen LogP contribution is 2.13. The molecule has 0 spiro atoms. The summed E-state index contributed by atoms with van der Waals surface area (Å²) in [4.78, 5) is 23.5. The summed E-state index contributed by atoms with van der Waals surface area (Å²) >= 11 is 0. The molecule has 0 heterocycles. The van der Waals surface area contributed by atoms with Gasteiger partial charge in [0.15, 0.2) is 6.61 Å². The van der Waals surface area contributed by atoms with E-state index in [1.54, 1.807) is 0 Å². The Morgan fingerprint density at radius 1 is 1.00 bits per heavy atom. The van der Waals surface area contributed by atoms with Crippen LogP contribution in [0.3, 0.4) is 0 Å². The molecule has 5 nitrogen and oxygen atoms in total. The molecule has 0 radical (unpaired) electrons. The smallest absolute Gasteiger partial charge is 0.306 e. The van der Waals surface area contributed by atoms with Gasteiger partial charge in [-0.1, -0.05) is 24.3 Å². The number of carbonyl (C=O) groups is 2. The SMILES string of the molecule is Cc1cc(C)cc(NC(=O)COC(=O)CCCOc2ccccc2)c1. The van der Waals surface area contributed by atoms with Gasteiger partial charge in [-0.2, -0.15) is 0 Å². The van der Waals surface area contributed by atoms with Gasteiger partial charge in [0.25, 0.3) is 5.91 Å². The second-order valence-corrected chi connectivity index (χ2v) is 5.85. The van der Waals surface area contributed by atoms with Crippen molar-refractivity contribution in [1.29, 1.82) is 0 Å². The molecule has 0 saturated heterocycles. The first kappa shape index (κ1) is 18.5. The summed E-state index contributed by atoms with van der Waals surface area (Å²) in [5.41, 5.74) is 2.83. The van der Waals surface area contributed by atoms with E-state index in [4.69, 9.17) is 9.47 Å². The zero-order valence-corrected chi connectivity index (χ0v) is 14.6. The number of rotatable bonds is 8. The monoisotopic (exact) mass is 341 g/mol. The predicted octanol–water partition coefficient (Wildman–Crippen LogP) is 3.64. The van der Waals surface area contributed by atoms with E-state index < -0.39 is 5.97 Å². The summed E-state index contributed by atoms with van der Waals surface area (Å²) in [6.07, 6.45) is 0.746. The van der Waals surface area contributed by atoms with Crippen molar-refractivity contribution in [3.8, 4) is 5.75 Å². The van der Waals surface area contributed by atoms with Gasteiger partial charge in [0, 0.05) is 12.1 Å². The number of nitrogens with one attached hydrogen (secondary N) is 1. The fourth-order valence-electron chi connectivity index (χ4n) is 2.39. The summed E-state index contributed by atoms with van der Waals surface area (Å²) in [5, 5.41) is 2.73. The average molecular weight is 341 g/mol.